The molecule has 0 fully saturated rings. The van der Waals surface area contributed by atoms with Crippen molar-refractivity contribution >= 4 is 11.7 Å². The molecule has 0 bridgehead atoms. The predicted molar refractivity (Wildman–Crippen MR) is 56.4 cm³/mol. The summed E-state index contributed by atoms with van der Waals surface area (Å²) in [5.74, 6) is 0.0514. The van der Waals surface area contributed by atoms with Crippen molar-refractivity contribution in [1.29, 1.82) is 0 Å². The Hall–Kier alpha value is -1.56. The van der Waals surface area contributed by atoms with Gasteiger partial charge >= 0.3 is 0 Å². The molecule has 6 nitrogen and oxygen atoms in total. The number of carbonyl (C=O) groups excluding carboxylic acids is 1. The third-order valence-corrected chi connectivity index (χ3v) is 2.07. The van der Waals surface area contributed by atoms with Gasteiger partial charge in [-0.2, -0.15) is 5.10 Å². The third-order valence-electron chi connectivity index (χ3n) is 2.07. The Bertz CT molecular complexity index is 346. The van der Waals surface area contributed by atoms with E-state index in [-0.39, 0.29) is 11.5 Å². The minimum Gasteiger partial charge on any atom is -0.382 e. The normalized spacial score (nSPS) is 11.4. The van der Waals surface area contributed by atoms with Gasteiger partial charge in [0, 0.05) is 19.7 Å². The topological polar surface area (TPSA) is 93.0 Å². The van der Waals surface area contributed by atoms with E-state index < -0.39 is 0 Å². The van der Waals surface area contributed by atoms with E-state index in [1.165, 1.54) is 6.07 Å². The lowest BCUT2D eigenvalue weighted by Crippen LogP contribution is -2.39. The van der Waals surface area contributed by atoms with E-state index >= 15 is 0 Å². The summed E-state index contributed by atoms with van der Waals surface area (Å²) >= 11 is 0. The number of aromatic amines is 1. The van der Waals surface area contributed by atoms with Gasteiger partial charge in [0.2, 0.25) is 0 Å². The van der Waals surface area contributed by atoms with Gasteiger partial charge in [-0.15, -0.1) is 0 Å². The van der Waals surface area contributed by atoms with Crippen LogP contribution >= 0.6 is 0 Å². The van der Waals surface area contributed by atoms with Crippen molar-refractivity contribution in [3.63, 3.8) is 0 Å². The molecule has 1 amide bonds. The van der Waals surface area contributed by atoms with E-state index in [0.29, 0.717) is 18.1 Å². The second kappa shape index (κ2) is 4.31. The van der Waals surface area contributed by atoms with Crippen LogP contribution in [-0.2, 0) is 4.74 Å². The number of hydrogen-bond acceptors (Lipinski definition) is 4. The zero-order valence-corrected chi connectivity index (χ0v) is 9.13. The fourth-order valence-electron chi connectivity index (χ4n) is 0.914. The molecule has 0 spiro atoms. The first-order valence-electron chi connectivity index (χ1n) is 4.59. The molecule has 1 aromatic rings. The van der Waals surface area contributed by atoms with Crippen molar-refractivity contribution in [2.45, 2.75) is 19.4 Å². The number of nitrogen functional groups attached to an aromatic ring is 1. The SMILES string of the molecule is COC(C)(C)CNC(=O)c1cc(N)n[nH]1. The molecule has 0 aliphatic rings. The zero-order valence-electron chi connectivity index (χ0n) is 9.13. The Kier molecular flexibility index (Phi) is 3.31. The molecule has 0 atom stereocenters. The van der Waals surface area contributed by atoms with Gasteiger partial charge in [-0.3, -0.25) is 9.89 Å². The molecule has 6 heteroatoms. The highest BCUT2D eigenvalue weighted by Gasteiger charge is 2.18. The van der Waals surface area contributed by atoms with Gasteiger partial charge in [0.05, 0.1) is 5.60 Å². The number of hydrogen-bond donors (Lipinski definition) is 3. The average Bonchev–Trinajstić information content (AvgIpc) is 2.61. The quantitative estimate of drug-likeness (QED) is 0.662. The van der Waals surface area contributed by atoms with Crippen LogP contribution in [0.2, 0.25) is 0 Å². The fraction of sp³-hybridized carbons (Fsp3) is 0.556. The van der Waals surface area contributed by atoms with Crippen molar-refractivity contribution in [2.75, 3.05) is 19.4 Å². The summed E-state index contributed by atoms with van der Waals surface area (Å²) in [5, 5.41) is 8.91. The minimum atomic E-state index is -0.388. The molecule has 4 N–H and O–H groups in total. The zero-order chi connectivity index (χ0) is 11.5. The number of anilines is 1. The molecule has 15 heavy (non-hydrogen) atoms. The van der Waals surface area contributed by atoms with Crippen LogP contribution in [0.5, 0.6) is 0 Å². The number of amides is 1. The molecule has 0 saturated carbocycles. The summed E-state index contributed by atoms with van der Waals surface area (Å²) in [6.07, 6.45) is 0. The van der Waals surface area contributed by atoms with E-state index in [2.05, 4.69) is 15.5 Å². The van der Waals surface area contributed by atoms with Crippen molar-refractivity contribution < 1.29 is 9.53 Å². The Morgan fingerprint density at radius 1 is 1.73 bits per heavy atom. The van der Waals surface area contributed by atoms with Crippen molar-refractivity contribution in [3.05, 3.63) is 11.8 Å². The van der Waals surface area contributed by atoms with E-state index in [0.717, 1.165) is 0 Å². The lowest BCUT2D eigenvalue weighted by molar-refractivity contribution is 0.0228. The molecule has 84 valence electrons. The first kappa shape index (κ1) is 11.5. The predicted octanol–water partition coefficient (Wildman–Crippen LogP) is 0.147. The third kappa shape index (κ3) is 3.25. The molecular weight excluding hydrogens is 196 g/mol. The molecule has 0 radical (unpaired) electrons. The Labute approximate surface area is 88.2 Å². The van der Waals surface area contributed by atoms with E-state index in [1.807, 2.05) is 13.8 Å². The van der Waals surface area contributed by atoms with Gasteiger partial charge < -0.3 is 15.8 Å². The molecule has 0 aliphatic heterocycles. The number of methoxy groups -OCH3 is 1. The molecule has 0 aromatic carbocycles. The molecule has 1 heterocycles. The maximum atomic E-state index is 11.5. The van der Waals surface area contributed by atoms with Crippen molar-refractivity contribution in [1.82, 2.24) is 15.5 Å². The van der Waals surface area contributed by atoms with Crippen LogP contribution in [-0.4, -0.2) is 35.4 Å². The Balaban J connectivity index is 2.50. The fourth-order valence-corrected chi connectivity index (χ4v) is 0.914. The second-order valence-corrected chi connectivity index (χ2v) is 3.85. The minimum absolute atomic E-state index is 0.246. The summed E-state index contributed by atoms with van der Waals surface area (Å²) in [6.45, 7) is 4.18. The van der Waals surface area contributed by atoms with Crippen LogP contribution in [0.15, 0.2) is 6.07 Å². The molecule has 0 unspecified atom stereocenters. The first-order valence-corrected chi connectivity index (χ1v) is 4.59. The first-order chi connectivity index (χ1) is 6.94. The standard InChI is InChI=1S/C9H16N4O2/c1-9(2,15-3)5-11-8(14)6-4-7(10)13-12-6/h4H,5H2,1-3H3,(H,11,14)(H3,10,12,13). The average molecular weight is 212 g/mol. The monoisotopic (exact) mass is 212 g/mol. The highest BCUT2D eigenvalue weighted by atomic mass is 16.5. The number of nitrogens with zero attached hydrogens (tertiary/aromatic N) is 1. The molecule has 0 saturated heterocycles. The number of H-pyrrole nitrogens is 1. The highest BCUT2D eigenvalue weighted by molar-refractivity contribution is 5.92. The maximum absolute atomic E-state index is 11.5. The van der Waals surface area contributed by atoms with E-state index in [9.17, 15) is 4.79 Å². The number of aromatic nitrogens is 2. The van der Waals surface area contributed by atoms with Crippen molar-refractivity contribution in [3.8, 4) is 0 Å². The van der Waals surface area contributed by atoms with Gasteiger partial charge in [0.1, 0.15) is 11.5 Å². The maximum Gasteiger partial charge on any atom is 0.269 e. The number of ether oxygens (including phenoxy) is 1. The summed E-state index contributed by atoms with van der Waals surface area (Å²) in [7, 11) is 1.60. The van der Waals surface area contributed by atoms with Crippen LogP contribution < -0.4 is 11.1 Å². The summed E-state index contributed by atoms with van der Waals surface area (Å²) in [5.41, 5.74) is 5.34. The lowest BCUT2D eigenvalue weighted by atomic mass is 10.1. The number of rotatable bonds is 4. The Morgan fingerprint density at radius 3 is 2.87 bits per heavy atom. The Morgan fingerprint density at radius 2 is 2.40 bits per heavy atom. The second-order valence-electron chi connectivity index (χ2n) is 3.85. The van der Waals surface area contributed by atoms with E-state index in [4.69, 9.17) is 10.5 Å². The van der Waals surface area contributed by atoms with Gasteiger partial charge in [-0.1, -0.05) is 0 Å². The molecular formula is C9H16N4O2. The number of carbonyl (C=O) groups is 1. The molecule has 1 aromatic heterocycles. The van der Waals surface area contributed by atoms with Crippen molar-refractivity contribution in [2.24, 2.45) is 0 Å². The summed E-state index contributed by atoms with van der Waals surface area (Å²) in [6, 6.07) is 1.48. The largest absolute Gasteiger partial charge is 0.382 e. The van der Waals surface area contributed by atoms with Crippen LogP contribution in [0, 0.1) is 0 Å². The van der Waals surface area contributed by atoms with E-state index in [1.54, 1.807) is 7.11 Å². The number of nitrogens with two attached hydrogens (primary N) is 1. The summed E-state index contributed by atoms with van der Waals surface area (Å²) in [4.78, 5) is 11.5. The number of nitrogens with one attached hydrogen (secondary N) is 2. The van der Waals surface area contributed by atoms with Crippen LogP contribution in [0.25, 0.3) is 0 Å². The van der Waals surface area contributed by atoms with Gasteiger partial charge in [-0.05, 0) is 13.8 Å². The smallest absolute Gasteiger partial charge is 0.269 e. The lowest BCUT2D eigenvalue weighted by Gasteiger charge is -2.22. The van der Waals surface area contributed by atoms with Gasteiger partial charge in [0.25, 0.3) is 5.91 Å². The van der Waals surface area contributed by atoms with Crippen LogP contribution in [0.3, 0.4) is 0 Å². The summed E-state index contributed by atoms with van der Waals surface area (Å²) < 4.78 is 5.16. The van der Waals surface area contributed by atoms with Gasteiger partial charge in [0.15, 0.2) is 0 Å². The highest BCUT2D eigenvalue weighted by Crippen LogP contribution is 2.06. The van der Waals surface area contributed by atoms with Crippen LogP contribution in [0.4, 0.5) is 5.82 Å². The molecule has 1 rings (SSSR count). The van der Waals surface area contributed by atoms with Gasteiger partial charge in [-0.25, -0.2) is 0 Å². The molecule has 0 aliphatic carbocycles. The van der Waals surface area contributed by atoms with Crippen LogP contribution in [0.1, 0.15) is 24.3 Å².